The number of amides is 7. The fourth-order valence-corrected chi connectivity index (χ4v) is 8.27. The summed E-state index contributed by atoms with van der Waals surface area (Å²) in [5, 5.41) is 25.6. The van der Waals surface area contributed by atoms with Crippen LogP contribution < -0.4 is 47.6 Å². The number of benzene rings is 3. The highest BCUT2D eigenvalue weighted by molar-refractivity contribution is 7.98. The number of H-pyrrole nitrogens is 1. The summed E-state index contributed by atoms with van der Waals surface area (Å²) in [5.41, 5.74) is 14.2. The molecule has 13 N–H and O–H groups in total. The SMILES string of the molecule is CSCC[C@H](NC(=O)[C@H](Cc1c[nH]c2ccccc12)NC(=O)CNC(=O)[C@H](CCSC)NC(=O)[C@@H](N)Cc1ccc(OS(=O)(=O)O)cc1)C(=O)N[C@@H](CC(=O)O)C(=O)N[C@@H](Cc1ccccc1)C(N)=O. The Hall–Kier alpha value is -6.67. The van der Waals surface area contributed by atoms with E-state index in [-0.39, 0.29) is 37.9 Å². The number of carboxylic acids is 1. The summed E-state index contributed by atoms with van der Waals surface area (Å²) in [7, 11) is -4.74. The third-order valence-corrected chi connectivity index (χ3v) is 12.2. The van der Waals surface area contributed by atoms with Gasteiger partial charge in [-0.2, -0.15) is 31.9 Å². The normalized spacial score (nSPS) is 13.8. The van der Waals surface area contributed by atoms with Gasteiger partial charge < -0.3 is 57.6 Å². The van der Waals surface area contributed by atoms with Crippen LogP contribution in [-0.4, -0.2) is 137 Å². The second-order valence-corrected chi connectivity index (χ2v) is 18.9. The van der Waals surface area contributed by atoms with Crippen molar-refractivity contribution in [3.8, 4) is 5.75 Å². The monoisotopic (exact) mass is 1030 g/mol. The van der Waals surface area contributed by atoms with Gasteiger partial charge in [0.05, 0.1) is 19.0 Å². The molecule has 0 bridgehead atoms. The zero-order valence-electron chi connectivity index (χ0n) is 38.2. The second-order valence-electron chi connectivity index (χ2n) is 15.9. The first kappa shape index (κ1) is 55.9. The number of hydrogen-bond donors (Lipinski definition) is 11. The first-order valence-electron chi connectivity index (χ1n) is 21.6. The number of carbonyl (C=O) groups excluding carboxylic acids is 7. The zero-order valence-corrected chi connectivity index (χ0v) is 40.6. The molecule has 1 aromatic heterocycles. The Bertz CT molecular complexity index is 2570. The molecule has 378 valence electrons. The number of para-hydroxylation sites is 1. The van der Waals surface area contributed by atoms with Crippen molar-refractivity contribution in [2.24, 2.45) is 11.5 Å². The van der Waals surface area contributed by atoms with Gasteiger partial charge in [0.15, 0.2) is 0 Å². The van der Waals surface area contributed by atoms with E-state index >= 15 is 0 Å². The Balaban J connectivity index is 1.48. The molecule has 0 fully saturated rings. The number of primary amides is 1. The van der Waals surface area contributed by atoms with Crippen molar-refractivity contribution in [1.29, 1.82) is 0 Å². The number of carboxylic acid groups (broad SMARTS) is 1. The van der Waals surface area contributed by atoms with Gasteiger partial charge >= 0.3 is 16.4 Å². The Morgan fingerprint density at radius 3 is 1.81 bits per heavy atom. The second kappa shape index (κ2) is 27.5. The van der Waals surface area contributed by atoms with Gasteiger partial charge in [-0.1, -0.05) is 60.7 Å². The first-order chi connectivity index (χ1) is 33.3. The van der Waals surface area contributed by atoms with Crippen LogP contribution >= 0.6 is 23.5 Å². The average Bonchev–Trinajstić information content (AvgIpc) is 3.72. The Labute approximate surface area is 412 Å². The van der Waals surface area contributed by atoms with E-state index in [1.807, 2.05) is 6.07 Å². The number of hydrogen-bond acceptors (Lipinski definition) is 14. The molecule has 1 heterocycles. The quantitative estimate of drug-likeness (QED) is 0.0311. The molecule has 0 aliphatic carbocycles. The van der Waals surface area contributed by atoms with E-state index in [2.05, 4.69) is 41.1 Å². The average molecular weight is 1030 g/mol. The molecule has 0 unspecified atom stereocenters. The number of aromatic amines is 1. The summed E-state index contributed by atoms with van der Waals surface area (Å²) in [5.74, 6) is -6.78. The van der Waals surface area contributed by atoms with E-state index in [1.54, 1.807) is 67.2 Å². The number of nitrogens with one attached hydrogen (secondary N) is 7. The molecule has 0 aliphatic rings. The molecule has 0 aliphatic heterocycles. The number of aliphatic carboxylic acids is 1. The van der Waals surface area contributed by atoms with Crippen molar-refractivity contribution in [3.63, 3.8) is 0 Å². The van der Waals surface area contributed by atoms with E-state index in [0.717, 1.165) is 10.9 Å². The van der Waals surface area contributed by atoms with Gasteiger partial charge in [0, 0.05) is 29.9 Å². The highest BCUT2D eigenvalue weighted by atomic mass is 32.3. The first-order valence-corrected chi connectivity index (χ1v) is 25.8. The molecule has 0 saturated carbocycles. The molecule has 70 heavy (non-hydrogen) atoms. The summed E-state index contributed by atoms with van der Waals surface area (Å²) in [6, 6.07) is 13.2. The zero-order chi connectivity index (χ0) is 51.4. The molecule has 0 saturated heterocycles. The highest BCUT2D eigenvalue weighted by Crippen LogP contribution is 2.20. The maximum Gasteiger partial charge on any atom is 0.446 e. The van der Waals surface area contributed by atoms with Crippen LogP contribution in [0.5, 0.6) is 5.75 Å². The summed E-state index contributed by atoms with van der Waals surface area (Å²) < 4.78 is 35.3. The van der Waals surface area contributed by atoms with Crippen LogP contribution in [0.2, 0.25) is 0 Å². The van der Waals surface area contributed by atoms with Crippen LogP contribution in [0.1, 0.15) is 36.0 Å². The summed E-state index contributed by atoms with van der Waals surface area (Å²) >= 11 is 2.73. The lowest BCUT2D eigenvalue weighted by Crippen LogP contribution is -2.59. The Morgan fingerprint density at radius 2 is 1.20 bits per heavy atom. The molecule has 4 aromatic rings. The molecule has 22 nitrogen and oxygen atoms in total. The number of carbonyl (C=O) groups is 8. The van der Waals surface area contributed by atoms with Crippen LogP contribution in [0, 0.1) is 0 Å². The minimum absolute atomic E-state index is 0.00693. The van der Waals surface area contributed by atoms with Crippen molar-refractivity contribution < 1.29 is 60.6 Å². The lowest BCUT2D eigenvalue weighted by molar-refractivity contribution is -0.141. The van der Waals surface area contributed by atoms with Gasteiger partial charge in [0.25, 0.3) is 0 Å². The molecular weight excluding hydrogens is 971 g/mol. The van der Waals surface area contributed by atoms with E-state index in [4.69, 9.17) is 16.0 Å². The fraction of sp³-hybridized carbons (Fsp3) is 0.378. The van der Waals surface area contributed by atoms with Crippen molar-refractivity contribution in [2.45, 2.75) is 74.8 Å². The summed E-state index contributed by atoms with van der Waals surface area (Å²) in [6.45, 7) is -0.648. The molecule has 0 radical (unpaired) electrons. The van der Waals surface area contributed by atoms with E-state index < -0.39 is 107 Å². The van der Waals surface area contributed by atoms with E-state index in [1.165, 1.54) is 47.8 Å². The molecule has 4 rings (SSSR count). The number of aromatic nitrogens is 1. The number of nitrogens with two attached hydrogens (primary N) is 2. The summed E-state index contributed by atoms with van der Waals surface area (Å²) in [6.07, 6.45) is 4.33. The molecule has 0 spiro atoms. The van der Waals surface area contributed by atoms with Crippen LogP contribution in [-0.2, 0) is 68.0 Å². The fourth-order valence-electron chi connectivity index (χ4n) is 6.98. The van der Waals surface area contributed by atoms with Gasteiger partial charge in [-0.05, 0) is 78.2 Å². The van der Waals surface area contributed by atoms with Gasteiger partial charge in [-0.3, -0.25) is 42.9 Å². The minimum Gasteiger partial charge on any atom is -0.481 e. The van der Waals surface area contributed by atoms with Gasteiger partial charge in [-0.25, -0.2) is 0 Å². The molecule has 6 atom stereocenters. The highest BCUT2D eigenvalue weighted by Gasteiger charge is 2.33. The predicted molar refractivity (Wildman–Crippen MR) is 263 cm³/mol. The predicted octanol–water partition coefficient (Wildman–Crippen LogP) is -0.289. The summed E-state index contributed by atoms with van der Waals surface area (Å²) in [4.78, 5) is 109. The molecular formula is C45H57N9O13S3. The van der Waals surface area contributed by atoms with Crippen molar-refractivity contribution in [2.75, 3.05) is 30.6 Å². The van der Waals surface area contributed by atoms with Gasteiger partial charge in [0.1, 0.15) is 36.0 Å². The third kappa shape index (κ3) is 18.7. The van der Waals surface area contributed by atoms with Gasteiger partial charge in [-0.15, -0.1) is 0 Å². The number of fused-ring (bicyclic) bond motifs is 1. The number of thioether (sulfide) groups is 2. The topological polar surface area (TPSA) is 360 Å². The van der Waals surface area contributed by atoms with Crippen LogP contribution in [0.4, 0.5) is 0 Å². The molecule has 25 heteroatoms. The van der Waals surface area contributed by atoms with Crippen molar-refractivity contribution in [1.82, 2.24) is 36.9 Å². The van der Waals surface area contributed by atoms with Crippen molar-refractivity contribution in [3.05, 3.63) is 102 Å². The van der Waals surface area contributed by atoms with Gasteiger partial charge in [0.2, 0.25) is 41.4 Å². The maximum absolute atomic E-state index is 14.2. The lowest BCUT2D eigenvalue weighted by atomic mass is 10.0. The third-order valence-electron chi connectivity index (χ3n) is 10.5. The standard InChI is InChI=1S/C45H57N9O13S3/c1-68-18-16-33(51-41(59)31(46)20-27-12-14-29(15-13-27)67-70(64,65)66)42(60)49-25-38(55)50-36(22-28-24-48-32-11-7-6-10-30(28)32)44(62)52-34(17-19-69-2)43(61)54-37(23-39(56)57)45(63)53-35(40(47)58)21-26-8-4-3-5-9-26/h3-15,24,31,33-37,48H,16-23,25,46H2,1-2H3,(H2,47,58)(H,49,60)(H,50,55)(H,51,59)(H,52,62)(H,53,63)(H,54,61)(H,56,57)(H,64,65,66)/t31-,33-,34-,35-,36-,37-/m0/s1. The smallest absolute Gasteiger partial charge is 0.446 e. The minimum atomic E-state index is -4.74. The molecule has 3 aromatic carbocycles. The van der Waals surface area contributed by atoms with E-state index in [9.17, 15) is 51.9 Å². The van der Waals surface area contributed by atoms with Crippen LogP contribution in [0.15, 0.2) is 85.1 Å². The Morgan fingerprint density at radius 1 is 0.657 bits per heavy atom. The van der Waals surface area contributed by atoms with Crippen LogP contribution in [0.3, 0.4) is 0 Å². The largest absolute Gasteiger partial charge is 0.481 e. The Kier molecular flexibility index (Phi) is 22.0. The van der Waals surface area contributed by atoms with E-state index in [0.29, 0.717) is 28.2 Å². The van der Waals surface area contributed by atoms with Crippen LogP contribution in [0.25, 0.3) is 10.9 Å². The lowest BCUT2D eigenvalue weighted by Gasteiger charge is -2.26. The number of rotatable bonds is 29. The molecule has 7 amide bonds. The maximum atomic E-state index is 14.2. The van der Waals surface area contributed by atoms with Crippen molar-refractivity contribution >= 4 is 92.1 Å².